The number of nitrogen functional groups attached to an aromatic ring is 1. The zero-order chi connectivity index (χ0) is 29.6. The maximum Gasteiger partial charge on any atom is 0.508 e. The first-order valence-electron chi connectivity index (χ1n) is 13.2. The van der Waals surface area contributed by atoms with Crippen LogP contribution in [0, 0.1) is 0 Å². The molecule has 1 saturated carbocycles. The Morgan fingerprint density at radius 2 is 1.66 bits per heavy atom. The van der Waals surface area contributed by atoms with Crippen molar-refractivity contribution in [2.24, 2.45) is 0 Å². The van der Waals surface area contributed by atoms with Crippen molar-refractivity contribution in [2.75, 3.05) is 26.1 Å². The van der Waals surface area contributed by atoms with Gasteiger partial charge >= 0.3 is 12.3 Å². The summed E-state index contributed by atoms with van der Waals surface area (Å²) >= 11 is 1.41. The summed E-state index contributed by atoms with van der Waals surface area (Å²) in [7, 11) is 1.61. The highest BCUT2D eigenvalue weighted by Crippen LogP contribution is 2.44. The summed E-state index contributed by atoms with van der Waals surface area (Å²) in [5, 5.41) is 0.643. The van der Waals surface area contributed by atoms with E-state index in [2.05, 4.69) is 9.97 Å². The largest absolute Gasteiger partial charge is 0.508 e. The van der Waals surface area contributed by atoms with E-state index in [1.54, 1.807) is 41.0 Å². The third-order valence-electron chi connectivity index (χ3n) is 5.85. The molecule has 41 heavy (non-hydrogen) atoms. The molecule has 0 unspecified atom stereocenters. The lowest BCUT2D eigenvalue weighted by Crippen LogP contribution is -2.36. The number of carbonyl (C=O) groups excluding carboxylic acids is 2. The Bertz CT molecular complexity index is 1330. The molecule has 0 spiro atoms. The lowest BCUT2D eigenvalue weighted by Gasteiger charge is -2.25. The van der Waals surface area contributed by atoms with Crippen molar-refractivity contribution in [1.82, 2.24) is 19.5 Å². The Hall–Kier alpha value is -3.78. The molecule has 14 heteroatoms. The number of methoxy groups -OCH3 is 1. The SMILES string of the molecule is COc1ccccc1Sc1nc2cnc(N)nc2n1CC1(OC(COC(=O)OC(C)C)COC(=O)OC(C)C)CC1. The van der Waals surface area contributed by atoms with E-state index in [-0.39, 0.29) is 31.4 Å². The number of benzene rings is 1. The van der Waals surface area contributed by atoms with Gasteiger partial charge in [-0.25, -0.2) is 19.6 Å². The topological polar surface area (TPSA) is 159 Å². The van der Waals surface area contributed by atoms with Crippen LogP contribution in [0.1, 0.15) is 40.5 Å². The van der Waals surface area contributed by atoms with Gasteiger partial charge in [0.05, 0.1) is 42.6 Å². The molecule has 222 valence electrons. The highest BCUT2D eigenvalue weighted by molar-refractivity contribution is 7.99. The van der Waals surface area contributed by atoms with E-state index in [9.17, 15) is 9.59 Å². The first-order chi connectivity index (χ1) is 19.6. The second kappa shape index (κ2) is 13.3. The van der Waals surface area contributed by atoms with Crippen LogP contribution in [0.4, 0.5) is 15.5 Å². The first kappa shape index (κ1) is 30.2. The van der Waals surface area contributed by atoms with Crippen molar-refractivity contribution < 1.29 is 38.0 Å². The lowest BCUT2D eigenvalue weighted by atomic mass is 10.3. The van der Waals surface area contributed by atoms with Crippen LogP contribution in [0.15, 0.2) is 40.5 Å². The Morgan fingerprint density at radius 1 is 1.02 bits per heavy atom. The van der Waals surface area contributed by atoms with Gasteiger partial charge in [-0.05, 0) is 64.4 Å². The van der Waals surface area contributed by atoms with E-state index in [1.807, 2.05) is 28.8 Å². The minimum Gasteiger partial charge on any atom is -0.496 e. The minimum absolute atomic E-state index is 0.116. The fraction of sp³-hybridized carbons (Fsp3) is 0.519. The van der Waals surface area contributed by atoms with Gasteiger partial charge in [-0.3, -0.25) is 0 Å². The fourth-order valence-corrected chi connectivity index (χ4v) is 4.92. The number of hydrogen-bond acceptors (Lipinski definition) is 13. The Balaban J connectivity index is 1.56. The fourth-order valence-electron chi connectivity index (χ4n) is 3.92. The first-order valence-corrected chi connectivity index (χ1v) is 14.0. The maximum atomic E-state index is 12.0. The van der Waals surface area contributed by atoms with E-state index in [1.165, 1.54) is 11.8 Å². The molecule has 2 aromatic heterocycles. The molecule has 13 nitrogen and oxygen atoms in total. The summed E-state index contributed by atoms with van der Waals surface area (Å²) in [6.07, 6.45) is -0.180. The molecule has 0 atom stereocenters. The predicted octanol–water partition coefficient (Wildman–Crippen LogP) is 4.61. The number of anilines is 1. The highest BCUT2D eigenvalue weighted by Gasteiger charge is 2.47. The van der Waals surface area contributed by atoms with Crippen molar-refractivity contribution >= 4 is 41.2 Å². The third kappa shape index (κ3) is 8.36. The number of fused-ring (bicyclic) bond motifs is 1. The van der Waals surface area contributed by atoms with Gasteiger partial charge in [0.25, 0.3) is 0 Å². The average Bonchev–Trinajstić information content (AvgIpc) is 3.60. The van der Waals surface area contributed by atoms with Gasteiger partial charge in [-0.2, -0.15) is 4.98 Å². The van der Waals surface area contributed by atoms with Crippen molar-refractivity contribution in [2.45, 2.75) is 81.0 Å². The van der Waals surface area contributed by atoms with Crippen LogP contribution in [0.5, 0.6) is 5.75 Å². The quantitative estimate of drug-likeness (QED) is 0.276. The number of nitrogens with two attached hydrogens (primary N) is 1. The normalized spacial score (nSPS) is 14.0. The number of nitrogens with zero attached hydrogens (tertiary/aromatic N) is 4. The Labute approximate surface area is 242 Å². The Kier molecular flexibility index (Phi) is 9.76. The van der Waals surface area contributed by atoms with Crippen LogP contribution < -0.4 is 10.5 Å². The van der Waals surface area contributed by atoms with Gasteiger partial charge in [0, 0.05) is 0 Å². The number of rotatable bonds is 13. The van der Waals surface area contributed by atoms with Crippen molar-refractivity contribution in [3.8, 4) is 5.75 Å². The molecule has 4 rings (SSSR count). The van der Waals surface area contributed by atoms with Gasteiger partial charge in [-0.1, -0.05) is 12.1 Å². The number of ether oxygens (including phenoxy) is 6. The van der Waals surface area contributed by atoms with E-state index in [0.29, 0.717) is 41.5 Å². The summed E-state index contributed by atoms with van der Waals surface area (Å²) in [6.45, 7) is 6.84. The molecule has 1 aliphatic carbocycles. The molecule has 1 aliphatic rings. The van der Waals surface area contributed by atoms with E-state index < -0.39 is 24.0 Å². The van der Waals surface area contributed by atoms with Crippen molar-refractivity contribution in [3.63, 3.8) is 0 Å². The van der Waals surface area contributed by atoms with Crippen molar-refractivity contribution in [1.29, 1.82) is 0 Å². The smallest absolute Gasteiger partial charge is 0.496 e. The summed E-state index contributed by atoms with van der Waals surface area (Å²) in [5.41, 5.74) is 6.38. The molecule has 1 fully saturated rings. The molecule has 0 radical (unpaired) electrons. The monoisotopic (exact) mass is 589 g/mol. The van der Waals surface area contributed by atoms with Gasteiger partial charge < -0.3 is 38.7 Å². The molecule has 2 N–H and O–H groups in total. The summed E-state index contributed by atoms with van der Waals surface area (Å²) in [6, 6.07) is 7.62. The lowest BCUT2D eigenvalue weighted by molar-refractivity contribution is -0.0996. The number of imidazole rings is 1. The molecule has 0 amide bonds. The molecule has 0 bridgehead atoms. The summed E-state index contributed by atoms with van der Waals surface area (Å²) in [5.74, 6) is 0.820. The van der Waals surface area contributed by atoms with E-state index >= 15 is 0 Å². The van der Waals surface area contributed by atoms with Gasteiger partial charge in [0.1, 0.15) is 30.6 Å². The highest BCUT2D eigenvalue weighted by atomic mass is 32.2. The molecule has 0 aliphatic heterocycles. The standard InChI is InChI=1S/C27H35N5O8S/c1-16(2)38-25(33)36-13-18(14-37-26(34)39-17(3)4)40-27(10-11-27)15-32-22-19(12-29-23(28)31-22)30-24(32)41-21-9-7-6-8-20(21)35-5/h6-9,12,16-18H,10-11,13-15H2,1-5H3,(H2,28,29,31). The van der Waals surface area contributed by atoms with Gasteiger partial charge in [0.15, 0.2) is 10.8 Å². The van der Waals surface area contributed by atoms with Crippen molar-refractivity contribution in [3.05, 3.63) is 30.5 Å². The number of hydrogen-bond donors (Lipinski definition) is 1. The van der Waals surface area contributed by atoms with Crippen LogP contribution in [-0.4, -0.2) is 76.1 Å². The van der Waals surface area contributed by atoms with Gasteiger partial charge in [-0.15, -0.1) is 0 Å². The number of carbonyl (C=O) groups is 2. The van der Waals surface area contributed by atoms with Crippen LogP contribution in [-0.2, 0) is 30.2 Å². The second-order valence-corrected chi connectivity index (χ2v) is 11.1. The summed E-state index contributed by atoms with van der Waals surface area (Å²) in [4.78, 5) is 38.2. The number of aromatic nitrogens is 4. The molecule has 2 heterocycles. The average molecular weight is 590 g/mol. The second-order valence-electron chi connectivity index (χ2n) is 10.0. The van der Waals surface area contributed by atoms with Crippen LogP contribution in [0.25, 0.3) is 11.2 Å². The number of para-hydroxylation sites is 1. The summed E-state index contributed by atoms with van der Waals surface area (Å²) < 4.78 is 34.5. The zero-order valence-corrected chi connectivity index (χ0v) is 24.5. The molecule has 1 aromatic carbocycles. The van der Waals surface area contributed by atoms with E-state index in [0.717, 1.165) is 4.90 Å². The minimum atomic E-state index is -0.841. The zero-order valence-electron chi connectivity index (χ0n) is 23.7. The maximum absolute atomic E-state index is 12.0. The van der Waals surface area contributed by atoms with Crippen LogP contribution >= 0.6 is 11.8 Å². The molecular weight excluding hydrogens is 554 g/mol. The molecule has 0 saturated heterocycles. The molecule has 3 aromatic rings. The van der Waals surface area contributed by atoms with Gasteiger partial charge in [0.2, 0.25) is 5.95 Å². The third-order valence-corrected chi connectivity index (χ3v) is 6.90. The molecular formula is C27H35N5O8S. The predicted molar refractivity (Wildman–Crippen MR) is 149 cm³/mol. The van der Waals surface area contributed by atoms with E-state index in [4.69, 9.17) is 39.1 Å². The van der Waals surface area contributed by atoms with Crippen LogP contribution in [0.2, 0.25) is 0 Å². The van der Waals surface area contributed by atoms with Crippen LogP contribution in [0.3, 0.4) is 0 Å². The Morgan fingerprint density at radius 3 is 2.24 bits per heavy atom.